The van der Waals surface area contributed by atoms with Crippen LogP contribution in [0.1, 0.15) is 24.8 Å². The number of rotatable bonds is 7. The van der Waals surface area contributed by atoms with Crippen LogP contribution in [0.3, 0.4) is 0 Å². The molecule has 0 N–H and O–H groups in total. The van der Waals surface area contributed by atoms with Crippen molar-refractivity contribution in [3.8, 4) is 22.9 Å². The number of halogens is 1. The van der Waals surface area contributed by atoms with Gasteiger partial charge in [0.05, 0.1) is 0 Å². The van der Waals surface area contributed by atoms with Crippen molar-refractivity contribution >= 4 is 17.5 Å². The average molecular weight is 428 g/mol. The van der Waals surface area contributed by atoms with Gasteiger partial charge in [0, 0.05) is 42.1 Å². The minimum absolute atomic E-state index is 0.0121. The third-order valence-electron chi connectivity index (χ3n) is 4.87. The molecule has 0 saturated heterocycles. The molecular weight excluding hydrogens is 406 g/mol. The molecule has 0 saturated carbocycles. The van der Waals surface area contributed by atoms with Gasteiger partial charge in [-0.05, 0) is 37.3 Å². The van der Waals surface area contributed by atoms with Gasteiger partial charge in [-0.3, -0.25) is 4.79 Å². The van der Waals surface area contributed by atoms with E-state index in [2.05, 4.69) is 10.1 Å². The van der Waals surface area contributed by atoms with Gasteiger partial charge in [-0.25, -0.2) is 0 Å². The summed E-state index contributed by atoms with van der Waals surface area (Å²) in [5, 5.41) is 4.63. The van der Waals surface area contributed by atoms with Gasteiger partial charge in [-0.15, -0.1) is 0 Å². The van der Waals surface area contributed by atoms with Crippen molar-refractivity contribution in [1.82, 2.24) is 15.0 Å². The van der Waals surface area contributed by atoms with Crippen molar-refractivity contribution in [2.45, 2.75) is 26.3 Å². The first-order valence-electron chi connectivity index (χ1n) is 9.88. The van der Waals surface area contributed by atoms with Crippen molar-refractivity contribution in [3.63, 3.8) is 0 Å². The number of aryl methyl sites for hydroxylation is 1. The highest BCUT2D eigenvalue weighted by Gasteiger charge is 2.20. The highest BCUT2D eigenvalue weighted by molar-refractivity contribution is 6.30. The van der Waals surface area contributed by atoms with Gasteiger partial charge in [-0.1, -0.05) is 28.9 Å². The lowest BCUT2D eigenvalue weighted by Gasteiger charge is -2.25. The molecule has 2 heterocycles. The second-order valence-electron chi connectivity index (χ2n) is 6.87. The van der Waals surface area contributed by atoms with Crippen LogP contribution >= 0.6 is 11.6 Å². The maximum Gasteiger partial charge on any atom is 0.227 e. The summed E-state index contributed by atoms with van der Waals surface area (Å²) >= 11 is 5.91. The molecule has 1 amide bonds. The summed E-state index contributed by atoms with van der Waals surface area (Å²) in [5.41, 5.74) is 1.75. The number of carbonyl (C=O) groups excluding carboxylic acids is 1. The molecule has 0 spiro atoms. The first kappa shape index (κ1) is 20.2. The summed E-state index contributed by atoms with van der Waals surface area (Å²) in [6.45, 7) is 4.05. The van der Waals surface area contributed by atoms with Crippen LogP contribution in [0.2, 0.25) is 5.02 Å². The van der Waals surface area contributed by atoms with Crippen molar-refractivity contribution in [2.75, 3.05) is 19.8 Å². The number of benzene rings is 2. The molecule has 0 aliphatic carbocycles. The van der Waals surface area contributed by atoms with E-state index in [1.165, 1.54) is 0 Å². The van der Waals surface area contributed by atoms with Gasteiger partial charge in [0.15, 0.2) is 11.5 Å². The minimum atomic E-state index is 0.0121. The predicted molar refractivity (Wildman–Crippen MR) is 112 cm³/mol. The zero-order valence-corrected chi connectivity index (χ0v) is 17.4. The Hall–Kier alpha value is -3.06. The van der Waals surface area contributed by atoms with Crippen LogP contribution in [-0.4, -0.2) is 40.7 Å². The van der Waals surface area contributed by atoms with Crippen LogP contribution < -0.4 is 9.47 Å². The average Bonchev–Trinajstić information content (AvgIpc) is 3.25. The topological polar surface area (TPSA) is 77.7 Å². The summed E-state index contributed by atoms with van der Waals surface area (Å²) in [7, 11) is 0. The van der Waals surface area contributed by atoms with E-state index in [-0.39, 0.29) is 12.3 Å². The standard InChI is InChI=1S/C22H22ClN3O4/c1-2-26(14-16-4-3-5-18-21(16)29-13-12-28-18)20(27)11-10-19-24-22(25-30-19)15-6-8-17(23)9-7-15/h3-9H,2,10-14H2,1H3. The third kappa shape index (κ3) is 4.57. The molecule has 0 fully saturated rings. The maximum absolute atomic E-state index is 12.8. The lowest BCUT2D eigenvalue weighted by atomic mass is 10.1. The molecule has 0 radical (unpaired) electrons. The lowest BCUT2D eigenvalue weighted by Crippen LogP contribution is -2.31. The number of aromatic nitrogens is 2. The van der Waals surface area contributed by atoms with Crippen molar-refractivity contribution in [3.05, 3.63) is 58.9 Å². The number of amides is 1. The Morgan fingerprint density at radius 3 is 2.73 bits per heavy atom. The van der Waals surface area contributed by atoms with E-state index in [1.807, 2.05) is 37.3 Å². The molecule has 156 valence electrons. The van der Waals surface area contributed by atoms with Crippen molar-refractivity contribution in [1.29, 1.82) is 0 Å². The van der Waals surface area contributed by atoms with Crippen LogP contribution in [0.4, 0.5) is 0 Å². The monoisotopic (exact) mass is 427 g/mol. The maximum atomic E-state index is 12.8. The van der Waals surface area contributed by atoms with Crippen LogP contribution in [0.5, 0.6) is 11.5 Å². The van der Waals surface area contributed by atoms with E-state index in [0.29, 0.717) is 49.5 Å². The van der Waals surface area contributed by atoms with Gasteiger partial charge >= 0.3 is 0 Å². The molecule has 1 aromatic heterocycles. The largest absolute Gasteiger partial charge is 0.486 e. The Labute approximate surface area is 179 Å². The highest BCUT2D eigenvalue weighted by Crippen LogP contribution is 2.34. The first-order valence-corrected chi connectivity index (χ1v) is 10.3. The van der Waals surface area contributed by atoms with Crippen LogP contribution in [0, 0.1) is 0 Å². The van der Waals surface area contributed by atoms with E-state index < -0.39 is 0 Å². The molecule has 1 aliphatic rings. The molecule has 0 unspecified atom stereocenters. The molecule has 7 nitrogen and oxygen atoms in total. The molecular formula is C22H22ClN3O4. The number of hydrogen-bond donors (Lipinski definition) is 0. The number of para-hydroxylation sites is 1. The minimum Gasteiger partial charge on any atom is -0.486 e. The normalized spacial score (nSPS) is 12.6. The summed E-state index contributed by atoms with van der Waals surface area (Å²) in [5.74, 6) is 2.37. The smallest absolute Gasteiger partial charge is 0.227 e. The zero-order valence-electron chi connectivity index (χ0n) is 16.6. The fraction of sp³-hybridized carbons (Fsp3) is 0.318. The fourth-order valence-electron chi connectivity index (χ4n) is 3.29. The molecule has 3 aromatic rings. The molecule has 0 bridgehead atoms. The third-order valence-corrected chi connectivity index (χ3v) is 5.12. The highest BCUT2D eigenvalue weighted by atomic mass is 35.5. The molecule has 0 atom stereocenters. The first-order chi connectivity index (χ1) is 14.6. The molecule has 8 heteroatoms. The van der Waals surface area contributed by atoms with Crippen LogP contribution in [-0.2, 0) is 17.8 Å². The van der Waals surface area contributed by atoms with E-state index >= 15 is 0 Å². The van der Waals surface area contributed by atoms with Gasteiger partial charge in [0.1, 0.15) is 13.2 Å². The van der Waals surface area contributed by atoms with Crippen LogP contribution in [0.15, 0.2) is 47.0 Å². The predicted octanol–water partition coefficient (Wildman–Crippen LogP) is 4.14. The number of fused-ring (bicyclic) bond motifs is 1. The van der Waals surface area contributed by atoms with E-state index in [0.717, 1.165) is 22.6 Å². The lowest BCUT2D eigenvalue weighted by molar-refractivity contribution is -0.131. The Kier molecular flexibility index (Phi) is 6.18. The molecule has 1 aliphatic heterocycles. The Bertz CT molecular complexity index is 1020. The molecule has 30 heavy (non-hydrogen) atoms. The zero-order chi connectivity index (χ0) is 20.9. The Morgan fingerprint density at radius 2 is 1.93 bits per heavy atom. The number of hydrogen-bond acceptors (Lipinski definition) is 6. The van der Waals surface area contributed by atoms with Gasteiger partial charge < -0.3 is 18.9 Å². The van der Waals surface area contributed by atoms with Gasteiger partial charge in [0.2, 0.25) is 17.6 Å². The van der Waals surface area contributed by atoms with Gasteiger partial charge in [-0.2, -0.15) is 4.98 Å². The summed E-state index contributed by atoms with van der Waals surface area (Å²) in [6, 6.07) is 12.9. The second-order valence-corrected chi connectivity index (χ2v) is 7.30. The number of carbonyl (C=O) groups is 1. The molecule has 4 rings (SSSR count). The van der Waals surface area contributed by atoms with Crippen molar-refractivity contribution in [2.24, 2.45) is 0 Å². The second kappa shape index (κ2) is 9.17. The Balaban J connectivity index is 1.38. The quantitative estimate of drug-likeness (QED) is 0.563. The van der Waals surface area contributed by atoms with Crippen molar-refractivity contribution < 1.29 is 18.8 Å². The van der Waals surface area contributed by atoms with Crippen LogP contribution in [0.25, 0.3) is 11.4 Å². The SMILES string of the molecule is CCN(Cc1cccc2c1OCCO2)C(=O)CCc1nc(-c2ccc(Cl)cc2)no1. The fourth-order valence-corrected chi connectivity index (χ4v) is 3.41. The summed E-state index contributed by atoms with van der Waals surface area (Å²) in [4.78, 5) is 18.9. The van der Waals surface area contributed by atoms with E-state index in [9.17, 15) is 4.79 Å². The van der Waals surface area contributed by atoms with Gasteiger partial charge in [0.25, 0.3) is 0 Å². The summed E-state index contributed by atoms with van der Waals surface area (Å²) < 4.78 is 16.7. The summed E-state index contributed by atoms with van der Waals surface area (Å²) in [6.07, 6.45) is 0.658. The van der Waals surface area contributed by atoms with E-state index in [4.69, 9.17) is 25.6 Å². The number of ether oxygens (including phenoxy) is 2. The van der Waals surface area contributed by atoms with E-state index in [1.54, 1.807) is 17.0 Å². The number of nitrogens with zero attached hydrogens (tertiary/aromatic N) is 3. The Morgan fingerprint density at radius 1 is 1.13 bits per heavy atom. The molecule has 2 aromatic carbocycles.